The standard InChI is InChI=1S/C24H29N3O3/c1-5-26(6-2)13-14-27-21(18-9-11-25-12-10-18)20(23(29)24(27)30)22(28)19-15-16(3)7-8-17(19)4/h7-12,15,21,28H,5-6,13-14H2,1-4H3/b22-20+/t21-/m0/s1. The lowest BCUT2D eigenvalue weighted by atomic mass is 9.94. The molecule has 158 valence electrons. The lowest BCUT2D eigenvalue weighted by Crippen LogP contribution is -2.38. The van der Waals surface area contributed by atoms with Crippen LogP contribution in [0, 0.1) is 13.8 Å². The van der Waals surface area contributed by atoms with E-state index in [1.807, 2.05) is 32.0 Å². The molecule has 1 aliphatic heterocycles. The third kappa shape index (κ3) is 4.14. The molecule has 2 heterocycles. The van der Waals surface area contributed by atoms with Crippen molar-refractivity contribution in [3.63, 3.8) is 0 Å². The minimum absolute atomic E-state index is 0.123. The molecule has 1 aromatic carbocycles. The number of Topliss-reactive ketones (excluding diaryl/α,β-unsaturated/α-hetero) is 1. The minimum atomic E-state index is -0.644. The Bertz CT molecular complexity index is 965. The fourth-order valence-corrected chi connectivity index (χ4v) is 3.93. The van der Waals surface area contributed by atoms with Crippen LogP contribution in [0.1, 0.15) is 42.1 Å². The number of ketones is 1. The van der Waals surface area contributed by atoms with Gasteiger partial charge in [-0.1, -0.05) is 31.5 Å². The number of aliphatic hydroxyl groups is 1. The fourth-order valence-electron chi connectivity index (χ4n) is 3.93. The van der Waals surface area contributed by atoms with Gasteiger partial charge in [-0.3, -0.25) is 14.6 Å². The Kier molecular flexibility index (Phi) is 6.67. The Morgan fingerprint density at radius 1 is 1.10 bits per heavy atom. The second-order valence-electron chi connectivity index (χ2n) is 7.62. The second kappa shape index (κ2) is 9.22. The summed E-state index contributed by atoms with van der Waals surface area (Å²) in [7, 11) is 0. The van der Waals surface area contributed by atoms with Gasteiger partial charge in [0.05, 0.1) is 11.6 Å². The molecule has 0 unspecified atom stereocenters. The highest BCUT2D eigenvalue weighted by Gasteiger charge is 2.46. The maximum atomic E-state index is 13.1. The van der Waals surface area contributed by atoms with Gasteiger partial charge in [-0.05, 0) is 56.3 Å². The van der Waals surface area contributed by atoms with Crippen molar-refractivity contribution in [2.45, 2.75) is 33.7 Å². The van der Waals surface area contributed by atoms with Crippen molar-refractivity contribution in [1.29, 1.82) is 0 Å². The molecule has 3 rings (SSSR count). The van der Waals surface area contributed by atoms with E-state index in [1.54, 1.807) is 29.4 Å². The van der Waals surface area contributed by atoms with Crippen LogP contribution in [0.25, 0.3) is 5.76 Å². The number of aliphatic hydroxyl groups excluding tert-OH is 1. The van der Waals surface area contributed by atoms with Crippen LogP contribution in [0.5, 0.6) is 0 Å². The Hall–Kier alpha value is -2.99. The molecular weight excluding hydrogens is 378 g/mol. The van der Waals surface area contributed by atoms with Crippen LogP contribution in [0.2, 0.25) is 0 Å². The number of aromatic nitrogens is 1. The van der Waals surface area contributed by atoms with E-state index in [0.29, 0.717) is 18.7 Å². The van der Waals surface area contributed by atoms with Crippen LogP contribution in [-0.4, -0.2) is 57.8 Å². The van der Waals surface area contributed by atoms with E-state index in [9.17, 15) is 14.7 Å². The number of amides is 1. The molecule has 1 N–H and O–H groups in total. The van der Waals surface area contributed by atoms with E-state index < -0.39 is 17.7 Å². The van der Waals surface area contributed by atoms with E-state index >= 15 is 0 Å². The van der Waals surface area contributed by atoms with Crippen molar-refractivity contribution < 1.29 is 14.7 Å². The van der Waals surface area contributed by atoms with Crippen LogP contribution in [0.3, 0.4) is 0 Å². The Morgan fingerprint density at radius 2 is 1.77 bits per heavy atom. The maximum absolute atomic E-state index is 13.1. The Labute approximate surface area is 177 Å². The van der Waals surface area contributed by atoms with E-state index in [1.165, 1.54) is 0 Å². The first-order valence-electron chi connectivity index (χ1n) is 10.4. The predicted molar refractivity (Wildman–Crippen MR) is 117 cm³/mol. The Morgan fingerprint density at radius 3 is 2.40 bits per heavy atom. The lowest BCUT2D eigenvalue weighted by Gasteiger charge is -2.28. The normalized spacial score (nSPS) is 18.4. The number of rotatable bonds is 7. The van der Waals surface area contributed by atoms with Crippen molar-refractivity contribution in [2.75, 3.05) is 26.2 Å². The van der Waals surface area contributed by atoms with Crippen LogP contribution in [-0.2, 0) is 9.59 Å². The summed E-state index contributed by atoms with van der Waals surface area (Å²) < 4.78 is 0. The second-order valence-corrected chi connectivity index (χ2v) is 7.62. The van der Waals surface area contributed by atoms with Crippen LogP contribution in [0.4, 0.5) is 0 Å². The molecule has 0 saturated carbocycles. The largest absolute Gasteiger partial charge is 0.507 e. The third-order valence-electron chi connectivity index (χ3n) is 5.76. The monoisotopic (exact) mass is 407 g/mol. The average Bonchev–Trinajstić information content (AvgIpc) is 3.01. The molecule has 0 aliphatic carbocycles. The molecule has 0 spiro atoms. The van der Waals surface area contributed by atoms with Gasteiger partial charge >= 0.3 is 0 Å². The Balaban J connectivity index is 2.12. The molecule has 1 aromatic heterocycles. The van der Waals surface area contributed by atoms with Gasteiger partial charge in [-0.25, -0.2) is 0 Å². The van der Waals surface area contributed by atoms with Gasteiger partial charge in [0.25, 0.3) is 11.7 Å². The fraction of sp³-hybridized carbons (Fsp3) is 0.375. The van der Waals surface area contributed by atoms with Gasteiger partial charge in [0.1, 0.15) is 5.76 Å². The number of carbonyl (C=O) groups is 2. The summed E-state index contributed by atoms with van der Waals surface area (Å²) in [6, 6.07) is 8.65. The zero-order valence-corrected chi connectivity index (χ0v) is 18.1. The molecule has 0 bridgehead atoms. The maximum Gasteiger partial charge on any atom is 0.295 e. The smallest absolute Gasteiger partial charge is 0.295 e. The number of likely N-dealkylation sites (tertiary alicyclic amines) is 1. The molecule has 6 heteroatoms. The first-order chi connectivity index (χ1) is 14.4. The van der Waals surface area contributed by atoms with Crippen molar-refractivity contribution in [2.24, 2.45) is 0 Å². The van der Waals surface area contributed by atoms with Crippen molar-refractivity contribution in [1.82, 2.24) is 14.8 Å². The van der Waals surface area contributed by atoms with Gasteiger partial charge in [0.15, 0.2) is 0 Å². The minimum Gasteiger partial charge on any atom is -0.507 e. The molecule has 1 aliphatic rings. The van der Waals surface area contributed by atoms with E-state index in [4.69, 9.17) is 0 Å². The van der Waals surface area contributed by atoms with E-state index in [2.05, 4.69) is 23.7 Å². The zero-order chi connectivity index (χ0) is 21.8. The van der Waals surface area contributed by atoms with Crippen molar-refractivity contribution in [3.8, 4) is 0 Å². The summed E-state index contributed by atoms with van der Waals surface area (Å²) in [5, 5.41) is 11.2. The van der Waals surface area contributed by atoms with Gasteiger partial charge in [-0.15, -0.1) is 0 Å². The van der Waals surface area contributed by atoms with Crippen LogP contribution < -0.4 is 0 Å². The topological polar surface area (TPSA) is 73.7 Å². The summed E-state index contributed by atoms with van der Waals surface area (Å²) in [4.78, 5) is 33.9. The summed E-state index contributed by atoms with van der Waals surface area (Å²) in [6.07, 6.45) is 3.27. The van der Waals surface area contributed by atoms with Crippen LogP contribution >= 0.6 is 0 Å². The number of nitrogens with zero attached hydrogens (tertiary/aromatic N) is 3. The number of aryl methyl sites for hydroxylation is 2. The molecule has 2 aromatic rings. The van der Waals surface area contributed by atoms with Crippen LogP contribution in [0.15, 0.2) is 48.3 Å². The summed E-state index contributed by atoms with van der Waals surface area (Å²) in [5.74, 6) is -1.34. The molecule has 1 fully saturated rings. The first-order valence-corrected chi connectivity index (χ1v) is 10.4. The van der Waals surface area contributed by atoms with Gasteiger partial charge in [-0.2, -0.15) is 0 Å². The van der Waals surface area contributed by atoms with Gasteiger partial charge in [0.2, 0.25) is 0 Å². The number of carbonyl (C=O) groups excluding carboxylic acids is 2. The SMILES string of the molecule is CCN(CC)CCN1C(=O)C(=O)/C(=C(/O)c2cc(C)ccc2C)[C@@H]1c1ccncc1. The molecule has 1 saturated heterocycles. The number of benzene rings is 1. The molecular formula is C24H29N3O3. The molecule has 1 amide bonds. The van der Waals surface area contributed by atoms with E-state index in [0.717, 1.165) is 29.8 Å². The molecule has 0 radical (unpaired) electrons. The molecule has 6 nitrogen and oxygen atoms in total. The predicted octanol–water partition coefficient (Wildman–Crippen LogP) is 3.46. The number of hydrogen-bond acceptors (Lipinski definition) is 5. The molecule has 30 heavy (non-hydrogen) atoms. The molecule has 1 atom stereocenters. The first kappa shape index (κ1) is 21.7. The number of hydrogen-bond donors (Lipinski definition) is 1. The zero-order valence-electron chi connectivity index (χ0n) is 18.1. The lowest BCUT2D eigenvalue weighted by molar-refractivity contribution is -0.140. The average molecular weight is 408 g/mol. The number of likely N-dealkylation sites (N-methyl/N-ethyl adjacent to an activating group) is 1. The van der Waals surface area contributed by atoms with Crippen molar-refractivity contribution in [3.05, 3.63) is 70.6 Å². The van der Waals surface area contributed by atoms with Gasteiger partial charge < -0.3 is 14.9 Å². The highest BCUT2D eigenvalue weighted by molar-refractivity contribution is 6.46. The summed E-state index contributed by atoms with van der Waals surface area (Å²) in [5.41, 5.74) is 3.30. The third-order valence-corrected chi connectivity index (χ3v) is 5.76. The van der Waals surface area contributed by atoms with Gasteiger partial charge in [0, 0.05) is 31.0 Å². The highest BCUT2D eigenvalue weighted by Crippen LogP contribution is 2.39. The number of pyridine rings is 1. The van der Waals surface area contributed by atoms with Crippen molar-refractivity contribution >= 4 is 17.4 Å². The summed E-state index contributed by atoms with van der Waals surface area (Å²) >= 11 is 0. The highest BCUT2D eigenvalue weighted by atomic mass is 16.3. The van der Waals surface area contributed by atoms with E-state index in [-0.39, 0.29) is 11.3 Å². The quantitative estimate of drug-likeness (QED) is 0.432. The summed E-state index contributed by atoms with van der Waals surface area (Å²) in [6.45, 7) is 10.7.